The Balaban J connectivity index is 0.000000208. The van der Waals surface area contributed by atoms with Gasteiger partial charge >= 0.3 is 0 Å². The van der Waals surface area contributed by atoms with Crippen molar-refractivity contribution in [3.63, 3.8) is 0 Å². The standard InChI is InChI=1S/C14H12O2.C10H21N/c1-10-7-8-12(13(15)9-10)14(16)11-5-3-2-4-6-11;1-8-6-9(2,3)11-10(4,5)7-8/h2-9,15H,1H3;8,11H,6-7H2,1-5H3. The first-order valence-corrected chi connectivity index (χ1v) is 9.68. The molecule has 1 aliphatic heterocycles. The molecule has 3 rings (SSSR count). The predicted octanol–water partition coefficient (Wildman–Crippen LogP) is 5.49. The Bertz CT molecular complexity index is 762. The van der Waals surface area contributed by atoms with E-state index < -0.39 is 0 Å². The summed E-state index contributed by atoms with van der Waals surface area (Å²) in [6.45, 7) is 13.4. The molecule has 0 amide bonds. The van der Waals surface area contributed by atoms with Crippen molar-refractivity contribution in [1.29, 1.82) is 0 Å². The lowest BCUT2D eigenvalue weighted by atomic mass is 9.77. The van der Waals surface area contributed by atoms with Gasteiger partial charge in [0.2, 0.25) is 0 Å². The first-order chi connectivity index (χ1) is 12.5. The van der Waals surface area contributed by atoms with Gasteiger partial charge in [0.1, 0.15) is 5.75 Å². The number of piperidine rings is 1. The number of hydrogen-bond acceptors (Lipinski definition) is 3. The van der Waals surface area contributed by atoms with Gasteiger partial charge in [0.25, 0.3) is 0 Å². The van der Waals surface area contributed by atoms with E-state index in [1.54, 1.807) is 36.4 Å². The molecule has 3 heteroatoms. The van der Waals surface area contributed by atoms with Crippen LogP contribution in [-0.2, 0) is 0 Å². The molecule has 0 atom stereocenters. The lowest BCUT2D eigenvalue weighted by Crippen LogP contribution is -2.57. The number of carbonyl (C=O) groups is 1. The number of aromatic hydroxyl groups is 1. The van der Waals surface area contributed by atoms with Gasteiger partial charge < -0.3 is 10.4 Å². The normalized spacial score (nSPS) is 18.3. The number of carbonyl (C=O) groups excluding carboxylic acids is 1. The Labute approximate surface area is 163 Å². The molecule has 0 aromatic heterocycles. The molecule has 2 N–H and O–H groups in total. The van der Waals surface area contributed by atoms with Gasteiger partial charge in [0.05, 0.1) is 5.56 Å². The van der Waals surface area contributed by atoms with Crippen LogP contribution in [0.5, 0.6) is 5.75 Å². The third-order valence-corrected chi connectivity index (χ3v) is 4.83. The number of ketones is 1. The van der Waals surface area contributed by atoms with Gasteiger partial charge in [-0.2, -0.15) is 0 Å². The molecule has 2 aromatic rings. The maximum Gasteiger partial charge on any atom is 0.196 e. The number of phenols is 1. The minimum Gasteiger partial charge on any atom is -0.507 e. The average molecular weight is 368 g/mol. The molecule has 2 aromatic carbocycles. The second-order valence-electron chi connectivity index (χ2n) is 9.12. The highest BCUT2D eigenvalue weighted by molar-refractivity contribution is 6.10. The molecule has 1 heterocycles. The summed E-state index contributed by atoms with van der Waals surface area (Å²) in [7, 11) is 0. The zero-order valence-electron chi connectivity index (χ0n) is 17.5. The van der Waals surface area contributed by atoms with E-state index in [0.29, 0.717) is 22.2 Å². The van der Waals surface area contributed by atoms with Crippen LogP contribution in [-0.4, -0.2) is 22.0 Å². The first-order valence-electron chi connectivity index (χ1n) is 9.68. The molecule has 1 fully saturated rings. The van der Waals surface area contributed by atoms with Crippen LogP contribution in [0, 0.1) is 12.8 Å². The fourth-order valence-corrected chi connectivity index (χ4v) is 4.41. The first kappa shape index (κ1) is 21.2. The molecule has 0 aliphatic carbocycles. The van der Waals surface area contributed by atoms with Crippen LogP contribution in [0.3, 0.4) is 0 Å². The number of nitrogens with one attached hydrogen (secondary N) is 1. The highest BCUT2D eigenvalue weighted by Gasteiger charge is 2.35. The van der Waals surface area contributed by atoms with Gasteiger partial charge in [-0.05, 0) is 71.1 Å². The molecule has 0 unspecified atom stereocenters. The minimum atomic E-state index is -0.155. The van der Waals surface area contributed by atoms with Crippen LogP contribution in [0.2, 0.25) is 0 Å². The summed E-state index contributed by atoms with van der Waals surface area (Å²) < 4.78 is 0. The Hall–Kier alpha value is -2.13. The van der Waals surface area contributed by atoms with Crippen molar-refractivity contribution in [2.75, 3.05) is 0 Å². The van der Waals surface area contributed by atoms with Crippen molar-refractivity contribution in [1.82, 2.24) is 5.32 Å². The van der Waals surface area contributed by atoms with E-state index >= 15 is 0 Å². The third kappa shape index (κ3) is 6.21. The average Bonchev–Trinajstić information content (AvgIpc) is 2.52. The van der Waals surface area contributed by atoms with Gasteiger partial charge in [0.15, 0.2) is 5.78 Å². The van der Waals surface area contributed by atoms with Crippen LogP contribution >= 0.6 is 0 Å². The number of benzene rings is 2. The van der Waals surface area contributed by atoms with Crippen LogP contribution < -0.4 is 5.32 Å². The molecule has 1 aliphatic rings. The maximum absolute atomic E-state index is 12.0. The summed E-state index contributed by atoms with van der Waals surface area (Å²) >= 11 is 0. The number of aryl methyl sites for hydroxylation is 1. The number of phenolic OH excluding ortho intramolecular Hbond substituents is 1. The van der Waals surface area contributed by atoms with Crippen molar-refractivity contribution < 1.29 is 9.90 Å². The van der Waals surface area contributed by atoms with Gasteiger partial charge in [-0.1, -0.05) is 43.3 Å². The molecule has 3 nitrogen and oxygen atoms in total. The molecule has 0 radical (unpaired) electrons. The van der Waals surface area contributed by atoms with Gasteiger partial charge in [-0.15, -0.1) is 0 Å². The zero-order valence-corrected chi connectivity index (χ0v) is 17.5. The molecular weight excluding hydrogens is 334 g/mol. The van der Waals surface area contributed by atoms with E-state index in [9.17, 15) is 9.90 Å². The van der Waals surface area contributed by atoms with Gasteiger partial charge in [-0.3, -0.25) is 4.79 Å². The largest absolute Gasteiger partial charge is 0.507 e. The minimum absolute atomic E-state index is 0.0360. The highest BCUT2D eigenvalue weighted by atomic mass is 16.3. The number of hydrogen-bond donors (Lipinski definition) is 2. The monoisotopic (exact) mass is 367 g/mol. The van der Waals surface area contributed by atoms with Crippen LogP contribution in [0.4, 0.5) is 0 Å². The van der Waals surface area contributed by atoms with Gasteiger partial charge in [-0.25, -0.2) is 0 Å². The van der Waals surface area contributed by atoms with Crippen molar-refractivity contribution >= 4 is 5.78 Å². The van der Waals surface area contributed by atoms with E-state index in [1.165, 1.54) is 12.8 Å². The van der Waals surface area contributed by atoms with Crippen LogP contribution in [0.25, 0.3) is 0 Å². The van der Waals surface area contributed by atoms with E-state index in [0.717, 1.165) is 11.5 Å². The van der Waals surface area contributed by atoms with Gasteiger partial charge in [0, 0.05) is 16.6 Å². The zero-order chi connectivity index (χ0) is 20.2. The van der Waals surface area contributed by atoms with E-state index in [2.05, 4.69) is 39.9 Å². The molecule has 0 saturated carbocycles. The molecule has 1 saturated heterocycles. The quantitative estimate of drug-likeness (QED) is 0.690. The molecule has 27 heavy (non-hydrogen) atoms. The summed E-state index contributed by atoms with van der Waals surface area (Å²) in [5, 5.41) is 13.4. The lowest BCUT2D eigenvalue weighted by Gasteiger charge is -2.45. The predicted molar refractivity (Wildman–Crippen MR) is 112 cm³/mol. The summed E-state index contributed by atoms with van der Waals surface area (Å²) in [5.41, 5.74) is 2.53. The fraction of sp³-hybridized carbons (Fsp3) is 0.458. The van der Waals surface area contributed by atoms with E-state index in [-0.39, 0.29) is 11.5 Å². The Morgan fingerprint density at radius 3 is 2.04 bits per heavy atom. The van der Waals surface area contributed by atoms with Crippen molar-refractivity contribution in [2.24, 2.45) is 5.92 Å². The molecule has 146 valence electrons. The van der Waals surface area contributed by atoms with Crippen molar-refractivity contribution in [3.8, 4) is 5.75 Å². The number of rotatable bonds is 2. The van der Waals surface area contributed by atoms with Crippen molar-refractivity contribution in [3.05, 3.63) is 65.2 Å². The second-order valence-corrected chi connectivity index (χ2v) is 9.12. The molecular formula is C24H33NO2. The maximum atomic E-state index is 12.0. The third-order valence-electron chi connectivity index (χ3n) is 4.83. The summed E-state index contributed by atoms with van der Waals surface area (Å²) in [5.74, 6) is 0.744. The summed E-state index contributed by atoms with van der Waals surface area (Å²) in [4.78, 5) is 12.0. The fourth-order valence-electron chi connectivity index (χ4n) is 4.41. The van der Waals surface area contributed by atoms with Crippen LogP contribution in [0.15, 0.2) is 48.5 Å². The highest BCUT2D eigenvalue weighted by Crippen LogP contribution is 2.32. The Morgan fingerprint density at radius 1 is 1.00 bits per heavy atom. The molecule has 0 bridgehead atoms. The topological polar surface area (TPSA) is 49.3 Å². The summed E-state index contributed by atoms with van der Waals surface area (Å²) in [6.07, 6.45) is 2.60. The second kappa shape index (κ2) is 8.26. The van der Waals surface area contributed by atoms with E-state index in [1.807, 2.05) is 19.1 Å². The summed E-state index contributed by atoms with van der Waals surface area (Å²) in [6, 6.07) is 14.0. The lowest BCUT2D eigenvalue weighted by molar-refractivity contribution is 0.103. The smallest absolute Gasteiger partial charge is 0.196 e. The Kier molecular flexibility index (Phi) is 6.48. The SMILES string of the molecule is CC1CC(C)(C)NC(C)(C)C1.Cc1ccc(C(=O)c2ccccc2)c(O)c1. The van der Waals surface area contributed by atoms with E-state index in [4.69, 9.17) is 0 Å². The van der Waals surface area contributed by atoms with Crippen molar-refractivity contribution in [2.45, 2.75) is 65.5 Å². The molecule has 0 spiro atoms. The Morgan fingerprint density at radius 2 is 1.56 bits per heavy atom. The van der Waals surface area contributed by atoms with Crippen LogP contribution in [0.1, 0.15) is 68.9 Å².